The minimum Gasteiger partial charge on any atom is -0.264 e. The molecule has 2 rings (SSSR count). The molecule has 0 unspecified atom stereocenters. The van der Waals surface area contributed by atoms with E-state index in [4.69, 9.17) is 0 Å². The highest BCUT2D eigenvalue weighted by atomic mass is 32.2. The van der Waals surface area contributed by atoms with E-state index in [1.807, 2.05) is 13.8 Å². The van der Waals surface area contributed by atoms with Gasteiger partial charge in [-0.25, -0.2) is 12.7 Å². The third-order valence-electron chi connectivity index (χ3n) is 3.88. The SMILES string of the molecule is Cc1ccc(C)c(Cn2nc(C)c(S(=O)(=O)N(C)C)c2C)c1. The molecule has 0 bridgehead atoms. The molecule has 0 radical (unpaired) electrons. The van der Waals surface area contributed by atoms with Gasteiger partial charge in [0.15, 0.2) is 0 Å². The molecule has 0 saturated carbocycles. The van der Waals surface area contributed by atoms with Crippen molar-refractivity contribution in [1.29, 1.82) is 0 Å². The molecule has 0 N–H and O–H groups in total. The molecule has 1 heterocycles. The molecule has 5 nitrogen and oxygen atoms in total. The van der Waals surface area contributed by atoms with Crippen molar-refractivity contribution < 1.29 is 8.42 Å². The van der Waals surface area contributed by atoms with Crippen molar-refractivity contribution in [2.45, 2.75) is 39.1 Å². The quantitative estimate of drug-likeness (QED) is 0.869. The van der Waals surface area contributed by atoms with E-state index in [0.717, 1.165) is 5.56 Å². The molecule has 0 aliphatic carbocycles. The van der Waals surface area contributed by atoms with Gasteiger partial charge >= 0.3 is 0 Å². The number of aryl methyl sites for hydroxylation is 3. The van der Waals surface area contributed by atoms with Crippen molar-refractivity contribution in [3.63, 3.8) is 0 Å². The Morgan fingerprint density at radius 3 is 2.36 bits per heavy atom. The first-order valence-corrected chi connectivity index (χ1v) is 8.61. The lowest BCUT2D eigenvalue weighted by atomic mass is 10.1. The molecule has 22 heavy (non-hydrogen) atoms. The van der Waals surface area contributed by atoms with Crippen LogP contribution >= 0.6 is 0 Å². The maximum absolute atomic E-state index is 12.4. The molecular weight excluding hydrogens is 298 g/mol. The molecule has 0 saturated heterocycles. The zero-order valence-corrected chi connectivity index (χ0v) is 14.8. The summed E-state index contributed by atoms with van der Waals surface area (Å²) in [6.45, 7) is 8.22. The average Bonchev–Trinajstić information content (AvgIpc) is 2.69. The van der Waals surface area contributed by atoms with Crippen LogP contribution in [-0.4, -0.2) is 36.6 Å². The summed E-state index contributed by atoms with van der Waals surface area (Å²) >= 11 is 0. The van der Waals surface area contributed by atoms with Crippen LogP contribution in [0.1, 0.15) is 28.1 Å². The third-order valence-corrected chi connectivity index (χ3v) is 5.95. The lowest BCUT2D eigenvalue weighted by Gasteiger charge is -2.12. The Bertz CT molecular complexity index is 805. The van der Waals surface area contributed by atoms with Crippen molar-refractivity contribution in [3.8, 4) is 0 Å². The van der Waals surface area contributed by atoms with Crippen LogP contribution in [0.4, 0.5) is 0 Å². The Balaban J connectivity index is 2.50. The first-order chi connectivity index (χ1) is 10.1. The van der Waals surface area contributed by atoms with Crippen LogP contribution in [0.5, 0.6) is 0 Å². The standard InChI is InChI=1S/C16H23N3O2S/c1-11-7-8-12(2)15(9-11)10-19-14(4)16(13(3)17-19)22(20,21)18(5)6/h7-9H,10H2,1-6H3. The number of benzene rings is 1. The fraction of sp³-hybridized carbons (Fsp3) is 0.438. The monoisotopic (exact) mass is 321 g/mol. The van der Waals surface area contributed by atoms with Gasteiger partial charge in [0.2, 0.25) is 10.0 Å². The molecule has 0 atom stereocenters. The van der Waals surface area contributed by atoms with Gasteiger partial charge in [0, 0.05) is 14.1 Å². The van der Waals surface area contributed by atoms with Crippen molar-refractivity contribution in [2.75, 3.05) is 14.1 Å². The van der Waals surface area contributed by atoms with Crippen LogP contribution in [0.15, 0.2) is 23.1 Å². The van der Waals surface area contributed by atoms with Crippen LogP contribution in [-0.2, 0) is 16.6 Å². The van der Waals surface area contributed by atoms with Crippen molar-refractivity contribution >= 4 is 10.0 Å². The molecule has 1 aromatic carbocycles. The second kappa shape index (κ2) is 5.85. The Labute approximate surface area is 132 Å². The summed E-state index contributed by atoms with van der Waals surface area (Å²) in [6, 6.07) is 6.27. The van der Waals surface area contributed by atoms with Crippen LogP contribution < -0.4 is 0 Å². The molecule has 120 valence electrons. The Morgan fingerprint density at radius 1 is 1.14 bits per heavy atom. The summed E-state index contributed by atoms with van der Waals surface area (Å²) in [4.78, 5) is 0.308. The van der Waals surface area contributed by atoms with Gasteiger partial charge in [0.1, 0.15) is 4.90 Å². The minimum atomic E-state index is -3.48. The minimum absolute atomic E-state index is 0.308. The number of hydrogen-bond acceptors (Lipinski definition) is 3. The zero-order valence-electron chi connectivity index (χ0n) is 14.0. The van der Waals surface area contributed by atoms with E-state index < -0.39 is 10.0 Å². The van der Waals surface area contributed by atoms with Gasteiger partial charge in [-0.05, 0) is 38.8 Å². The van der Waals surface area contributed by atoms with Gasteiger partial charge < -0.3 is 0 Å². The predicted molar refractivity (Wildman–Crippen MR) is 87.6 cm³/mol. The van der Waals surface area contributed by atoms with Crippen LogP contribution in [0.2, 0.25) is 0 Å². The Kier molecular flexibility index (Phi) is 4.44. The Morgan fingerprint density at radius 2 is 1.77 bits per heavy atom. The van der Waals surface area contributed by atoms with E-state index in [9.17, 15) is 8.42 Å². The van der Waals surface area contributed by atoms with E-state index in [-0.39, 0.29) is 0 Å². The smallest absolute Gasteiger partial charge is 0.246 e. The van der Waals surface area contributed by atoms with E-state index in [1.165, 1.54) is 29.5 Å². The van der Waals surface area contributed by atoms with Gasteiger partial charge in [-0.2, -0.15) is 5.10 Å². The summed E-state index contributed by atoms with van der Waals surface area (Å²) in [5.41, 5.74) is 4.72. The number of rotatable bonds is 4. The van der Waals surface area contributed by atoms with Crippen molar-refractivity contribution in [1.82, 2.24) is 14.1 Å². The summed E-state index contributed by atoms with van der Waals surface area (Å²) in [5, 5.41) is 4.44. The maximum Gasteiger partial charge on any atom is 0.246 e. The molecule has 1 aromatic heterocycles. The van der Waals surface area contributed by atoms with Crippen LogP contribution in [0, 0.1) is 27.7 Å². The second-order valence-electron chi connectivity index (χ2n) is 5.87. The van der Waals surface area contributed by atoms with Gasteiger partial charge in [-0.3, -0.25) is 4.68 Å². The number of aromatic nitrogens is 2. The van der Waals surface area contributed by atoms with Crippen LogP contribution in [0.3, 0.4) is 0 Å². The number of hydrogen-bond donors (Lipinski definition) is 0. The first kappa shape index (κ1) is 16.7. The van der Waals surface area contributed by atoms with E-state index in [0.29, 0.717) is 22.8 Å². The largest absolute Gasteiger partial charge is 0.264 e. The van der Waals surface area contributed by atoms with E-state index >= 15 is 0 Å². The molecule has 0 aliphatic heterocycles. The topological polar surface area (TPSA) is 55.2 Å². The van der Waals surface area contributed by atoms with Gasteiger partial charge in [-0.1, -0.05) is 23.8 Å². The predicted octanol–water partition coefficient (Wildman–Crippen LogP) is 2.42. The molecule has 0 spiro atoms. The zero-order chi connectivity index (χ0) is 16.7. The summed E-state index contributed by atoms with van der Waals surface area (Å²) < 4.78 is 27.9. The number of sulfonamides is 1. The highest BCUT2D eigenvalue weighted by molar-refractivity contribution is 7.89. The molecule has 6 heteroatoms. The molecule has 0 fully saturated rings. The van der Waals surface area contributed by atoms with Gasteiger partial charge in [0.25, 0.3) is 0 Å². The van der Waals surface area contributed by atoms with Crippen molar-refractivity contribution in [2.24, 2.45) is 0 Å². The normalized spacial score (nSPS) is 12.1. The van der Waals surface area contributed by atoms with Crippen LogP contribution in [0.25, 0.3) is 0 Å². The van der Waals surface area contributed by atoms with Gasteiger partial charge in [-0.15, -0.1) is 0 Å². The average molecular weight is 321 g/mol. The molecule has 2 aromatic rings. The fourth-order valence-electron chi connectivity index (χ4n) is 2.52. The molecule has 0 aliphatic rings. The number of nitrogens with zero attached hydrogens (tertiary/aromatic N) is 3. The lowest BCUT2D eigenvalue weighted by molar-refractivity contribution is 0.519. The van der Waals surface area contributed by atoms with E-state index in [2.05, 4.69) is 30.2 Å². The first-order valence-electron chi connectivity index (χ1n) is 7.17. The Hall–Kier alpha value is -1.66. The summed E-state index contributed by atoms with van der Waals surface area (Å²) in [5.74, 6) is 0. The third kappa shape index (κ3) is 2.94. The summed E-state index contributed by atoms with van der Waals surface area (Å²) in [7, 11) is -0.402. The molecular formula is C16H23N3O2S. The van der Waals surface area contributed by atoms with Gasteiger partial charge in [0.05, 0.1) is 17.9 Å². The highest BCUT2D eigenvalue weighted by Gasteiger charge is 2.26. The fourth-order valence-corrected chi connectivity index (χ4v) is 3.78. The second-order valence-corrected chi connectivity index (χ2v) is 7.96. The highest BCUT2D eigenvalue weighted by Crippen LogP contribution is 2.23. The lowest BCUT2D eigenvalue weighted by Crippen LogP contribution is -2.23. The maximum atomic E-state index is 12.4. The summed E-state index contributed by atoms with van der Waals surface area (Å²) in [6.07, 6.45) is 0. The van der Waals surface area contributed by atoms with Crippen molar-refractivity contribution in [3.05, 3.63) is 46.3 Å². The van der Waals surface area contributed by atoms with E-state index in [1.54, 1.807) is 11.6 Å². The molecule has 0 amide bonds.